The number of aliphatic hydroxyl groups excluding tert-OH is 1. The fourth-order valence-corrected chi connectivity index (χ4v) is 1.71. The van der Waals surface area contributed by atoms with E-state index in [1.54, 1.807) is 0 Å². The van der Waals surface area contributed by atoms with Gasteiger partial charge < -0.3 is 15.7 Å². The van der Waals surface area contributed by atoms with Crippen molar-refractivity contribution in [1.29, 1.82) is 0 Å². The number of hydrogen-bond acceptors (Lipinski definition) is 4. The Morgan fingerprint density at radius 3 is 2.72 bits per heavy atom. The molecule has 0 amide bonds. The maximum absolute atomic E-state index is 8.67. The number of aliphatic hydroxyl groups is 1. The summed E-state index contributed by atoms with van der Waals surface area (Å²) in [7, 11) is 0. The second-order valence-electron chi connectivity index (χ2n) is 4.42. The molecule has 0 saturated carbocycles. The van der Waals surface area contributed by atoms with Crippen molar-refractivity contribution in [3.8, 4) is 0 Å². The van der Waals surface area contributed by atoms with Gasteiger partial charge in [-0.05, 0) is 25.3 Å². The summed E-state index contributed by atoms with van der Waals surface area (Å²) in [6, 6.07) is 4.04. The smallest absolute Gasteiger partial charge is 0.127 e. The van der Waals surface area contributed by atoms with E-state index in [9.17, 15) is 0 Å². The molecule has 1 rings (SSSR count). The van der Waals surface area contributed by atoms with E-state index < -0.39 is 0 Å². The molecule has 0 aliphatic rings. The summed E-state index contributed by atoms with van der Waals surface area (Å²) in [6.45, 7) is 4.38. The van der Waals surface area contributed by atoms with Crippen LogP contribution in [0.2, 0.25) is 0 Å². The highest BCUT2D eigenvalue weighted by molar-refractivity contribution is 5.51. The van der Waals surface area contributed by atoms with Gasteiger partial charge in [-0.2, -0.15) is 0 Å². The van der Waals surface area contributed by atoms with E-state index in [0.717, 1.165) is 50.3 Å². The van der Waals surface area contributed by atoms with Gasteiger partial charge in [0.05, 0.1) is 0 Å². The van der Waals surface area contributed by atoms with E-state index in [1.807, 2.05) is 18.3 Å². The third kappa shape index (κ3) is 6.45. The Labute approximate surface area is 110 Å². The van der Waals surface area contributed by atoms with Crippen LogP contribution in [0.15, 0.2) is 18.3 Å². The first-order valence-corrected chi connectivity index (χ1v) is 6.91. The predicted octanol–water partition coefficient (Wildman–Crippen LogP) is 2.87. The Morgan fingerprint density at radius 2 is 1.94 bits per heavy atom. The van der Waals surface area contributed by atoms with Crippen LogP contribution in [-0.2, 0) is 0 Å². The number of pyridine rings is 1. The van der Waals surface area contributed by atoms with E-state index in [1.165, 1.54) is 6.42 Å². The summed E-state index contributed by atoms with van der Waals surface area (Å²) in [5.41, 5.74) is 1.12. The lowest BCUT2D eigenvalue weighted by Crippen LogP contribution is -2.05. The van der Waals surface area contributed by atoms with Gasteiger partial charge in [0.1, 0.15) is 5.82 Å². The largest absolute Gasteiger partial charge is 0.396 e. The number of hydrogen-bond donors (Lipinski definition) is 3. The number of rotatable bonds is 10. The maximum Gasteiger partial charge on any atom is 0.127 e. The molecule has 0 aromatic carbocycles. The van der Waals surface area contributed by atoms with Crippen molar-refractivity contribution >= 4 is 11.5 Å². The minimum atomic E-state index is 0.310. The van der Waals surface area contributed by atoms with Crippen LogP contribution in [0, 0.1) is 0 Å². The van der Waals surface area contributed by atoms with Gasteiger partial charge in [-0.25, -0.2) is 4.98 Å². The first-order valence-electron chi connectivity index (χ1n) is 6.91. The van der Waals surface area contributed by atoms with E-state index in [4.69, 9.17) is 5.11 Å². The monoisotopic (exact) mass is 251 g/mol. The van der Waals surface area contributed by atoms with Crippen molar-refractivity contribution < 1.29 is 5.11 Å². The van der Waals surface area contributed by atoms with Crippen LogP contribution in [0.25, 0.3) is 0 Å². The highest BCUT2D eigenvalue weighted by Gasteiger charge is 1.96. The molecule has 1 aromatic rings. The van der Waals surface area contributed by atoms with Crippen molar-refractivity contribution in [3.63, 3.8) is 0 Å². The second kappa shape index (κ2) is 9.71. The summed E-state index contributed by atoms with van der Waals surface area (Å²) in [5, 5.41) is 15.3. The van der Waals surface area contributed by atoms with Gasteiger partial charge in [-0.15, -0.1) is 0 Å². The lowest BCUT2D eigenvalue weighted by Gasteiger charge is -2.08. The molecule has 1 aromatic heterocycles. The molecule has 0 unspecified atom stereocenters. The third-order valence-electron chi connectivity index (χ3n) is 2.73. The van der Waals surface area contributed by atoms with E-state index in [0.29, 0.717) is 6.61 Å². The topological polar surface area (TPSA) is 57.2 Å². The molecule has 4 heteroatoms. The molecule has 0 radical (unpaired) electrons. The number of nitrogens with one attached hydrogen (secondary N) is 2. The molecular formula is C14H25N3O. The molecule has 0 aliphatic carbocycles. The average molecular weight is 251 g/mol. The Kier molecular flexibility index (Phi) is 7.97. The zero-order chi connectivity index (χ0) is 13.1. The van der Waals surface area contributed by atoms with Crippen LogP contribution in [-0.4, -0.2) is 29.8 Å². The quantitative estimate of drug-likeness (QED) is 0.560. The van der Waals surface area contributed by atoms with Crippen LogP contribution < -0.4 is 10.6 Å². The third-order valence-corrected chi connectivity index (χ3v) is 2.73. The second-order valence-corrected chi connectivity index (χ2v) is 4.42. The number of aromatic nitrogens is 1. The summed E-state index contributed by atoms with van der Waals surface area (Å²) in [6.07, 6.45) is 7.26. The molecule has 4 nitrogen and oxygen atoms in total. The van der Waals surface area contributed by atoms with Crippen LogP contribution in [0.1, 0.15) is 39.0 Å². The van der Waals surface area contributed by atoms with E-state index in [-0.39, 0.29) is 0 Å². The number of anilines is 2. The van der Waals surface area contributed by atoms with Crippen LogP contribution in [0.4, 0.5) is 11.5 Å². The summed E-state index contributed by atoms with van der Waals surface area (Å²) in [5.74, 6) is 0.933. The minimum absolute atomic E-state index is 0.310. The standard InChI is InChI=1S/C14H25N3O/c1-2-8-16-14-12-13(7-10-17-14)15-9-5-3-4-6-11-18/h7,10,12,18H,2-6,8-9,11H2,1H3,(H2,15,16,17). The lowest BCUT2D eigenvalue weighted by molar-refractivity contribution is 0.283. The first kappa shape index (κ1) is 14.8. The summed E-state index contributed by atoms with van der Waals surface area (Å²) in [4.78, 5) is 4.27. The Balaban J connectivity index is 2.20. The van der Waals surface area contributed by atoms with Gasteiger partial charge in [0.2, 0.25) is 0 Å². The fraction of sp³-hybridized carbons (Fsp3) is 0.643. The van der Waals surface area contributed by atoms with Gasteiger partial charge >= 0.3 is 0 Å². The molecule has 0 spiro atoms. The first-order chi connectivity index (χ1) is 8.86. The van der Waals surface area contributed by atoms with Gasteiger partial charge in [0.25, 0.3) is 0 Å². The van der Waals surface area contributed by atoms with Gasteiger partial charge in [0, 0.05) is 37.6 Å². The molecule has 0 aliphatic heterocycles. The average Bonchev–Trinajstić information content (AvgIpc) is 2.41. The molecule has 0 saturated heterocycles. The van der Waals surface area contributed by atoms with E-state index in [2.05, 4.69) is 22.5 Å². The Hall–Kier alpha value is -1.29. The molecule has 102 valence electrons. The van der Waals surface area contributed by atoms with Gasteiger partial charge in [0.15, 0.2) is 0 Å². The number of unbranched alkanes of at least 4 members (excludes halogenated alkanes) is 3. The minimum Gasteiger partial charge on any atom is -0.396 e. The maximum atomic E-state index is 8.67. The molecule has 18 heavy (non-hydrogen) atoms. The molecule has 0 atom stereocenters. The molecular weight excluding hydrogens is 226 g/mol. The van der Waals surface area contributed by atoms with Crippen molar-refractivity contribution in [1.82, 2.24) is 4.98 Å². The Morgan fingerprint density at radius 1 is 1.11 bits per heavy atom. The van der Waals surface area contributed by atoms with Crippen molar-refractivity contribution in [2.45, 2.75) is 39.0 Å². The highest BCUT2D eigenvalue weighted by Crippen LogP contribution is 2.12. The van der Waals surface area contributed by atoms with Crippen molar-refractivity contribution in [2.75, 3.05) is 30.3 Å². The molecule has 1 heterocycles. The van der Waals surface area contributed by atoms with Crippen molar-refractivity contribution in [3.05, 3.63) is 18.3 Å². The lowest BCUT2D eigenvalue weighted by atomic mass is 10.2. The fourth-order valence-electron chi connectivity index (χ4n) is 1.71. The predicted molar refractivity (Wildman–Crippen MR) is 77.1 cm³/mol. The van der Waals surface area contributed by atoms with Crippen LogP contribution in [0.3, 0.4) is 0 Å². The van der Waals surface area contributed by atoms with Crippen LogP contribution in [0.5, 0.6) is 0 Å². The molecule has 0 bridgehead atoms. The zero-order valence-electron chi connectivity index (χ0n) is 11.3. The normalized spacial score (nSPS) is 10.3. The molecule has 3 N–H and O–H groups in total. The zero-order valence-corrected chi connectivity index (χ0v) is 11.3. The SMILES string of the molecule is CCCNc1cc(NCCCCCCO)ccn1. The molecule has 0 fully saturated rings. The summed E-state index contributed by atoms with van der Waals surface area (Å²) < 4.78 is 0. The van der Waals surface area contributed by atoms with E-state index >= 15 is 0 Å². The van der Waals surface area contributed by atoms with Gasteiger partial charge in [-0.3, -0.25) is 0 Å². The number of nitrogens with zero attached hydrogens (tertiary/aromatic N) is 1. The summed E-state index contributed by atoms with van der Waals surface area (Å²) >= 11 is 0. The van der Waals surface area contributed by atoms with Crippen molar-refractivity contribution in [2.24, 2.45) is 0 Å². The van der Waals surface area contributed by atoms with Gasteiger partial charge in [-0.1, -0.05) is 19.8 Å². The Bertz CT molecular complexity index is 318. The highest BCUT2D eigenvalue weighted by atomic mass is 16.2. The van der Waals surface area contributed by atoms with Crippen LogP contribution >= 0.6 is 0 Å².